The first-order valence-electron chi connectivity index (χ1n) is 8.73. The van der Waals surface area contributed by atoms with Gasteiger partial charge in [-0.1, -0.05) is 26.2 Å². The maximum absolute atomic E-state index is 4.44. The highest BCUT2D eigenvalue weighted by Crippen LogP contribution is 2.15. The first-order chi connectivity index (χ1) is 10.1. The molecule has 4 nitrogen and oxygen atoms in total. The predicted octanol–water partition coefficient (Wildman–Crippen LogP) is 3.42. The molecule has 132 valence electrons. The number of piperidine rings is 1. The van der Waals surface area contributed by atoms with Crippen molar-refractivity contribution < 1.29 is 0 Å². The number of likely N-dealkylation sites (tertiary alicyclic amines) is 1. The van der Waals surface area contributed by atoms with E-state index in [0.717, 1.165) is 31.5 Å². The number of guanidine groups is 1. The first kappa shape index (κ1) is 22.0. The van der Waals surface area contributed by atoms with Gasteiger partial charge in [-0.2, -0.15) is 0 Å². The third-order valence-corrected chi connectivity index (χ3v) is 4.23. The number of nitrogens with one attached hydrogen (secondary N) is 1. The lowest BCUT2D eigenvalue weighted by atomic mass is 10.0. The zero-order valence-electron chi connectivity index (χ0n) is 15.1. The second-order valence-corrected chi connectivity index (χ2v) is 6.74. The lowest BCUT2D eigenvalue weighted by Gasteiger charge is -2.33. The molecule has 1 N–H and O–H groups in total. The Hall–Kier alpha value is -0.0400. The second-order valence-electron chi connectivity index (χ2n) is 6.74. The molecule has 1 fully saturated rings. The van der Waals surface area contributed by atoms with E-state index in [0.29, 0.717) is 0 Å². The molecule has 1 unspecified atom stereocenters. The van der Waals surface area contributed by atoms with Crippen LogP contribution in [0.15, 0.2) is 4.99 Å². The van der Waals surface area contributed by atoms with Gasteiger partial charge < -0.3 is 15.1 Å². The Morgan fingerprint density at radius 1 is 1.18 bits per heavy atom. The Bertz CT molecular complexity index is 294. The summed E-state index contributed by atoms with van der Waals surface area (Å²) in [6, 6.07) is 0. The molecule has 5 heteroatoms. The maximum atomic E-state index is 4.44. The number of hydrogen-bond donors (Lipinski definition) is 1. The fourth-order valence-electron chi connectivity index (χ4n) is 3.00. The van der Waals surface area contributed by atoms with Gasteiger partial charge in [0.15, 0.2) is 5.96 Å². The van der Waals surface area contributed by atoms with Crippen LogP contribution in [0.4, 0.5) is 0 Å². The topological polar surface area (TPSA) is 30.9 Å². The molecule has 0 aromatic heterocycles. The van der Waals surface area contributed by atoms with Crippen LogP contribution in [0, 0.1) is 5.92 Å². The first-order valence-corrected chi connectivity index (χ1v) is 8.73. The monoisotopic (exact) mass is 424 g/mol. The van der Waals surface area contributed by atoms with E-state index in [2.05, 4.69) is 41.1 Å². The van der Waals surface area contributed by atoms with Crippen LogP contribution in [0.1, 0.15) is 51.9 Å². The summed E-state index contributed by atoms with van der Waals surface area (Å²) in [4.78, 5) is 9.13. The van der Waals surface area contributed by atoms with Crippen molar-refractivity contribution in [3.05, 3.63) is 0 Å². The summed E-state index contributed by atoms with van der Waals surface area (Å²) in [7, 11) is 6.21. The highest BCUT2D eigenvalue weighted by molar-refractivity contribution is 14.0. The molecule has 22 heavy (non-hydrogen) atoms. The molecule has 0 spiro atoms. The van der Waals surface area contributed by atoms with E-state index in [1.165, 1.54) is 51.5 Å². The second kappa shape index (κ2) is 13.4. The molecule has 0 amide bonds. The normalized spacial score (nSPS) is 19.2. The van der Waals surface area contributed by atoms with Gasteiger partial charge >= 0.3 is 0 Å². The number of aliphatic imine (C=N–C) groups is 1. The van der Waals surface area contributed by atoms with E-state index in [9.17, 15) is 0 Å². The van der Waals surface area contributed by atoms with E-state index in [-0.39, 0.29) is 24.0 Å². The van der Waals surface area contributed by atoms with Crippen LogP contribution in [-0.2, 0) is 0 Å². The van der Waals surface area contributed by atoms with Crippen molar-refractivity contribution >= 4 is 29.9 Å². The molecule has 1 saturated heterocycles. The third kappa shape index (κ3) is 9.87. The van der Waals surface area contributed by atoms with Crippen LogP contribution in [0.25, 0.3) is 0 Å². The van der Waals surface area contributed by atoms with E-state index < -0.39 is 0 Å². The minimum Gasteiger partial charge on any atom is -0.356 e. The summed E-state index contributed by atoms with van der Waals surface area (Å²) in [6.45, 7) is 6.94. The summed E-state index contributed by atoms with van der Waals surface area (Å²) in [5, 5.41) is 3.54. The Kier molecular flexibility index (Phi) is 13.4. The molecule has 1 aliphatic rings. The van der Waals surface area contributed by atoms with E-state index in [4.69, 9.17) is 0 Å². The van der Waals surface area contributed by atoms with Gasteiger partial charge in [-0.25, -0.2) is 0 Å². The van der Waals surface area contributed by atoms with E-state index in [1.807, 2.05) is 7.05 Å². The predicted molar refractivity (Wildman–Crippen MR) is 108 cm³/mol. The summed E-state index contributed by atoms with van der Waals surface area (Å²) >= 11 is 0. The summed E-state index contributed by atoms with van der Waals surface area (Å²) in [6.07, 6.45) is 9.28. The number of halogens is 1. The molecule has 0 saturated carbocycles. The van der Waals surface area contributed by atoms with Crippen LogP contribution >= 0.6 is 24.0 Å². The number of hydrogen-bond acceptors (Lipinski definition) is 2. The third-order valence-electron chi connectivity index (χ3n) is 4.23. The molecular weight excluding hydrogens is 387 g/mol. The molecule has 0 aromatic rings. The Morgan fingerprint density at radius 3 is 2.50 bits per heavy atom. The maximum Gasteiger partial charge on any atom is 0.193 e. The molecule has 0 aliphatic carbocycles. The Morgan fingerprint density at radius 2 is 1.86 bits per heavy atom. The largest absolute Gasteiger partial charge is 0.356 e. The van der Waals surface area contributed by atoms with Crippen molar-refractivity contribution in [3.8, 4) is 0 Å². The Labute approximate surface area is 155 Å². The molecule has 0 aromatic carbocycles. The zero-order valence-corrected chi connectivity index (χ0v) is 17.4. The van der Waals surface area contributed by atoms with E-state index in [1.54, 1.807) is 0 Å². The number of unbranched alkanes of at least 4 members (excludes halogenated alkanes) is 4. The van der Waals surface area contributed by atoms with Crippen LogP contribution in [0.3, 0.4) is 0 Å². The summed E-state index contributed by atoms with van der Waals surface area (Å²) < 4.78 is 0. The van der Waals surface area contributed by atoms with Gasteiger partial charge in [0.2, 0.25) is 0 Å². The molecular formula is C17H37IN4. The van der Waals surface area contributed by atoms with Gasteiger partial charge in [0.05, 0.1) is 0 Å². The molecule has 0 bridgehead atoms. The van der Waals surface area contributed by atoms with Crippen molar-refractivity contribution in [2.24, 2.45) is 10.9 Å². The van der Waals surface area contributed by atoms with Crippen molar-refractivity contribution in [1.29, 1.82) is 0 Å². The lowest BCUT2D eigenvalue weighted by Crippen LogP contribution is -2.46. The average molecular weight is 424 g/mol. The van der Waals surface area contributed by atoms with Crippen LogP contribution < -0.4 is 5.32 Å². The quantitative estimate of drug-likeness (QED) is 0.280. The molecule has 1 heterocycles. The van der Waals surface area contributed by atoms with Gasteiger partial charge in [0, 0.05) is 26.7 Å². The van der Waals surface area contributed by atoms with Gasteiger partial charge in [0.1, 0.15) is 0 Å². The smallest absolute Gasteiger partial charge is 0.193 e. The summed E-state index contributed by atoms with van der Waals surface area (Å²) in [5.74, 6) is 1.91. The fraction of sp³-hybridized carbons (Fsp3) is 0.941. The van der Waals surface area contributed by atoms with Crippen LogP contribution in [-0.4, -0.2) is 63.1 Å². The molecule has 1 aliphatic heterocycles. The fourth-order valence-corrected chi connectivity index (χ4v) is 3.00. The summed E-state index contributed by atoms with van der Waals surface area (Å²) in [5.41, 5.74) is 0. The average Bonchev–Trinajstić information content (AvgIpc) is 2.45. The van der Waals surface area contributed by atoms with E-state index >= 15 is 0 Å². The SMILES string of the molecule is CN=C(NCCCCCCCN(C)C)N1CCCC(C)C1.I. The molecule has 0 radical (unpaired) electrons. The van der Waals surface area contributed by atoms with Crippen molar-refractivity contribution in [1.82, 2.24) is 15.1 Å². The van der Waals surface area contributed by atoms with Crippen LogP contribution in [0.5, 0.6) is 0 Å². The molecule has 1 rings (SSSR count). The number of nitrogens with zero attached hydrogens (tertiary/aromatic N) is 3. The highest BCUT2D eigenvalue weighted by Gasteiger charge is 2.18. The number of rotatable bonds is 8. The van der Waals surface area contributed by atoms with Gasteiger partial charge in [0.25, 0.3) is 0 Å². The van der Waals surface area contributed by atoms with Crippen LogP contribution in [0.2, 0.25) is 0 Å². The van der Waals surface area contributed by atoms with Gasteiger partial charge in [-0.3, -0.25) is 4.99 Å². The molecule has 1 atom stereocenters. The lowest BCUT2D eigenvalue weighted by molar-refractivity contribution is 0.266. The van der Waals surface area contributed by atoms with Gasteiger partial charge in [-0.15, -0.1) is 24.0 Å². The highest BCUT2D eigenvalue weighted by atomic mass is 127. The van der Waals surface area contributed by atoms with Crippen molar-refractivity contribution in [2.45, 2.75) is 51.9 Å². The minimum absolute atomic E-state index is 0. The van der Waals surface area contributed by atoms with Gasteiger partial charge in [-0.05, 0) is 52.2 Å². The van der Waals surface area contributed by atoms with Crippen molar-refractivity contribution in [3.63, 3.8) is 0 Å². The standard InChI is InChI=1S/C17H36N4.HI/c1-16-11-10-14-21(15-16)17(18-2)19-12-8-6-5-7-9-13-20(3)4;/h16H,5-15H2,1-4H3,(H,18,19);1H. The zero-order chi connectivity index (χ0) is 15.5. The Balaban J connectivity index is 0.00000441. The minimum atomic E-state index is 0. The van der Waals surface area contributed by atoms with Crippen molar-refractivity contribution in [2.75, 3.05) is 47.3 Å².